The van der Waals surface area contributed by atoms with Crippen LogP contribution in [0.1, 0.15) is 12.8 Å². The van der Waals surface area contributed by atoms with Crippen LogP contribution in [0.2, 0.25) is 0 Å². The number of nitrogens with one attached hydrogen (secondary N) is 1. The molecule has 1 fully saturated rings. The molecule has 3 N–H and O–H groups in total. The summed E-state index contributed by atoms with van der Waals surface area (Å²) in [5, 5.41) is 0. The van der Waals surface area contributed by atoms with Crippen LogP contribution >= 0.6 is 0 Å². The third-order valence-corrected chi connectivity index (χ3v) is 3.18. The molecule has 1 rings (SSSR count). The monoisotopic (exact) mass is 221 g/mol. The summed E-state index contributed by atoms with van der Waals surface area (Å²) in [5.41, 5.74) is 5.44. The fourth-order valence-corrected chi connectivity index (χ4v) is 2.60. The molecule has 0 aromatic heterocycles. The zero-order valence-electron chi connectivity index (χ0n) is 8.57. The normalized spacial score (nSPS) is 21.3. The van der Waals surface area contributed by atoms with Crippen LogP contribution in [0.15, 0.2) is 0 Å². The number of hydrogen-bond acceptors (Lipinski definition) is 4. The zero-order chi connectivity index (χ0) is 10.6. The second-order valence-electron chi connectivity index (χ2n) is 3.79. The maximum atomic E-state index is 11.0. The lowest BCUT2D eigenvalue weighted by Gasteiger charge is -2.31. The van der Waals surface area contributed by atoms with Crippen LogP contribution < -0.4 is 10.5 Å². The topological polar surface area (TPSA) is 75.4 Å². The number of sulfonamides is 1. The van der Waals surface area contributed by atoms with Crippen molar-refractivity contribution in [3.8, 4) is 0 Å². The van der Waals surface area contributed by atoms with E-state index in [1.165, 1.54) is 6.26 Å². The largest absolute Gasteiger partial charge is 0.329 e. The lowest BCUT2D eigenvalue weighted by atomic mass is 10.1. The smallest absolute Gasteiger partial charge is 0.208 e. The van der Waals surface area contributed by atoms with Gasteiger partial charge in [-0.05, 0) is 25.9 Å². The second-order valence-corrected chi connectivity index (χ2v) is 5.57. The van der Waals surface area contributed by atoms with Crippen molar-refractivity contribution in [3.63, 3.8) is 0 Å². The summed E-state index contributed by atoms with van der Waals surface area (Å²) in [6, 6.07) is 0.110. The van der Waals surface area contributed by atoms with E-state index in [0.717, 1.165) is 32.5 Å². The van der Waals surface area contributed by atoms with Gasteiger partial charge in [0.1, 0.15) is 0 Å². The SMILES string of the molecule is CS(=O)(=O)NC1CCN(CCN)CC1. The fraction of sp³-hybridized carbons (Fsp3) is 1.00. The van der Waals surface area contributed by atoms with Gasteiger partial charge in [-0.25, -0.2) is 13.1 Å². The fourth-order valence-electron chi connectivity index (χ4n) is 1.76. The van der Waals surface area contributed by atoms with Crippen molar-refractivity contribution in [2.24, 2.45) is 5.73 Å². The maximum Gasteiger partial charge on any atom is 0.208 e. The average Bonchev–Trinajstić information content (AvgIpc) is 2.06. The van der Waals surface area contributed by atoms with Crippen LogP contribution in [0.25, 0.3) is 0 Å². The average molecular weight is 221 g/mol. The highest BCUT2D eigenvalue weighted by Crippen LogP contribution is 2.10. The summed E-state index contributed by atoms with van der Waals surface area (Å²) in [6.07, 6.45) is 2.97. The molecule has 0 aliphatic carbocycles. The predicted molar refractivity (Wildman–Crippen MR) is 56.5 cm³/mol. The van der Waals surface area contributed by atoms with E-state index in [4.69, 9.17) is 5.73 Å². The van der Waals surface area contributed by atoms with Crippen molar-refractivity contribution in [3.05, 3.63) is 0 Å². The lowest BCUT2D eigenvalue weighted by molar-refractivity contribution is 0.212. The third kappa shape index (κ3) is 4.36. The number of nitrogens with zero attached hydrogens (tertiary/aromatic N) is 1. The second kappa shape index (κ2) is 5.06. The Kier molecular flexibility index (Phi) is 4.31. The van der Waals surface area contributed by atoms with Crippen LogP contribution in [0, 0.1) is 0 Å². The first-order chi connectivity index (χ1) is 6.51. The Morgan fingerprint density at radius 2 is 2.00 bits per heavy atom. The van der Waals surface area contributed by atoms with Gasteiger partial charge in [-0.15, -0.1) is 0 Å². The summed E-state index contributed by atoms with van der Waals surface area (Å²) < 4.78 is 24.6. The quantitative estimate of drug-likeness (QED) is 0.636. The summed E-state index contributed by atoms with van der Waals surface area (Å²) in [7, 11) is -3.05. The van der Waals surface area contributed by atoms with Crippen LogP contribution in [0.4, 0.5) is 0 Å². The third-order valence-electron chi connectivity index (χ3n) is 2.41. The van der Waals surface area contributed by atoms with Crippen LogP contribution in [0.3, 0.4) is 0 Å². The van der Waals surface area contributed by atoms with E-state index in [-0.39, 0.29) is 6.04 Å². The van der Waals surface area contributed by atoms with E-state index in [1.807, 2.05) is 0 Å². The Morgan fingerprint density at radius 3 is 2.43 bits per heavy atom. The molecule has 0 amide bonds. The minimum atomic E-state index is -3.05. The van der Waals surface area contributed by atoms with Gasteiger partial charge in [0, 0.05) is 19.1 Å². The van der Waals surface area contributed by atoms with Crippen molar-refractivity contribution in [2.45, 2.75) is 18.9 Å². The Balaban J connectivity index is 2.29. The minimum Gasteiger partial charge on any atom is -0.329 e. The summed E-state index contributed by atoms with van der Waals surface area (Å²) in [4.78, 5) is 2.26. The van der Waals surface area contributed by atoms with Crippen LogP contribution in [0.5, 0.6) is 0 Å². The number of piperidine rings is 1. The van der Waals surface area contributed by atoms with Crippen LogP contribution in [-0.2, 0) is 10.0 Å². The molecular weight excluding hydrogens is 202 g/mol. The first kappa shape index (κ1) is 11.9. The zero-order valence-corrected chi connectivity index (χ0v) is 9.39. The highest BCUT2D eigenvalue weighted by molar-refractivity contribution is 7.88. The van der Waals surface area contributed by atoms with E-state index in [9.17, 15) is 8.42 Å². The van der Waals surface area contributed by atoms with Gasteiger partial charge in [0.25, 0.3) is 0 Å². The highest BCUT2D eigenvalue weighted by atomic mass is 32.2. The number of nitrogens with two attached hydrogens (primary N) is 1. The first-order valence-corrected chi connectivity index (χ1v) is 6.80. The Hall–Kier alpha value is -0.170. The van der Waals surface area contributed by atoms with Gasteiger partial charge >= 0.3 is 0 Å². The van der Waals surface area contributed by atoms with Crippen molar-refractivity contribution in [1.82, 2.24) is 9.62 Å². The number of hydrogen-bond donors (Lipinski definition) is 2. The number of likely N-dealkylation sites (tertiary alicyclic amines) is 1. The van der Waals surface area contributed by atoms with Crippen LogP contribution in [-0.4, -0.2) is 51.8 Å². The van der Waals surface area contributed by atoms with Gasteiger partial charge in [-0.2, -0.15) is 0 Å². The standard InChI is InChI=1S/C8H19N3O2S/c1-14(12,13)10-8-2-5-11(6-3-8)7-4-9/h8,10H,2-7,9H2,1H3. The molecule has 84 valence electrons. The molecule has 0 aromatic rings. The number of rotatable bonds is 4. The Labute approximate surface area is 85.7 Å². The van der Waals surface area contributed by atoms with Crippen molar-refractivity contribution in [2.75, 3.05) is 32.4 Å². The molecule has 1 aliphatic rings. The van der Waals surface area contributed by atoms with Crippen molar-refractivity contribution in [1.29, 1.82) is 0 Å². The molecule has 0 unspecified atom stereocenters. The molecule has 0 atom stereocenters. The van der Waals surface area contributed by atoms with Crippen molar-refractivity contribution < 1.29 is 8.42 Å². The molecular formula is C8H19N3O2S. The van der Waals surface area contributed by atoms with Gasteiger partial charge in [0.2, 0.25) is 10.0 Å². The molecule has 1 heterocycles. The summed E-state index contributed by atoms with van der Waals surface area (Å²) >= 11 is 0. The maximum absolute atomic E-state index is 11.0. The first-order valence-electron chi connectivity index (χ1n) is 4.91. The molecule has 1 aliphatic heterocycles. The van der Waals surface area contributed by atoms with E-state index in [0.29, 0.717) is 6.54 Å². The summed E-state index contributed by atoms with van der Waals surface area (Å²) in [6.45, 7) is 3.45. The van der Waals surface area contributed by atoms with E-state index in [1.54, 1.807) is 0 Å². The molecule has 0 bridgehead atoms. The summed E-state index contributed by atoms with van der Waals surface area (Å²) in [5.74, 6) is 0. The lowest BCUT2D eigenvalue weighted by Crippen LogP contribution is -2.45. The molecule has 1 saturated heterocycles. The van der Waals surface area contributed by atoms with E-state index >= 15 is 0 Å². The molecule has 0 saturated carbocycles. The molecule has 0 spiro atoms. The molecule has 0 aromatic carbocycles. The van der Waals surface area contributed by atoms with Crippen molar-refractivity contribution >= 4 is 10.0 Å². The highest BCUT2D eigenvalue weighted by Gasteiger charge is 2.20. The Bertz CT molecular complexity index is 258. The molecule has 14 heavy (non-hydrogen) atoms. The molecule has 6 heteroatoms. The van der Waals surface area contributed by atoms with Gasteiger partial charge in [-0.3, -0.25) is 0 Å². The molecule has 0 radical (unpaired) electrons. The van der Waals surface area contributed by atoms with E-state index in [2.05, 4.69) is 9.62 Å². The van der Waals surface area contributed by atoms with Gasteiger partial charge in [0.15, 0.2) is 0 Å². The predicted octanol–water partition coefficient (Wildman–Crippen LogP) is -1.04. The van der Waals surface area contributed by atoms with Gasteiger partial charge in [0.05, 0.1) is 6.26 Å². The molecule has 5 nitrogen and oxygen atoms in total. The minimum absolute atomic E-state index is 0.110. The Morgan fingerprint density at radius 1 is 1.43 bits per heavy atom. The van der Waals surface area contributed by atoms with Gasteiger partial charge in [-0.1, -0.05) is 0 Å². The van der Waals surface area contributed by atoms with Gasteiger partial charge < -0.3 is 10.6 Å². The van der Waals surface area contributed by atoms with E-state index < -0.39 is 10.0 Å².